The fourth-order valence-electron chi connectivity index (χ4n) is 2.70. The van der Waals surface area contributed by atoms with Crippen LogP contribution in [0.2, 0.25) is 0 Å². The average Bonchev–Trinajstić information content (AvgIpc) is 2.99. The fraction of sp³-hybridized carbons (Fsp3) is 0.714. The van der Waals surface area contributed by atoms with Crippen molar-refractivity contribution in [3.8, 4) is 0 Å². The summed E-state index contributed by atoms with van der Waals surface area (Å²) in [6, 6.07) is 0. The Balaban J connectivity index is 0.00000200. The smallest absolute Gasteiger partial charge is 0.224 e. The van der Waals surface area contributed by atoms with E-state index in [2.05, 4.69) is 21.0 Å². The molecule has 2 N–H and O–H groups in total. The predicted molar refractivity (Wildman–Crippen MR) is 92.7 cm³/mol. The molecule has 1 aromatic heterocycles. The lowest BCUT2D eigenvalue weighted by atomic mass is 9.97. The van der Waals surface area contributed by atoms with Gasteiger partial charge < -0.3 is 10.6 Å². The van der Waals surface area contributed by atoms with Gasteiger partial charge in [0.2, 0.25) is 5.91 Å². The van der Waals surface area contributed by atoms with Crippen LogP contribution in [0.15, 0.2) is 5.38 Å². The Morgan fingerprint density at radius 3 is 2.52 bits per heavy atom. The Hall–Kier alpha value is -0.360. The van der Waals surface area contributed by atoms with E-state index in [0.717, 1.165) is 23.5 Å². The minimum absolute atomic E-state index is 0. The first kappa shape index (κ1) is 20.6. The minimum Gasteiger partial charge on any atom is -0.344 e. The molecular weight excluding hydrogens is 329 g/mol. The van der Waals surface area contributed by atoms with E-state index in [4.69, 9.17) is 0 Å². The quantitative estimate of drug-likeness (QED) is 0.855. The summed E-state index contributed by atoms with van der Waals surface area (Å²) in [5.74, 6) is 0.118. The van der Waals surface area contributed by atoms with Crippen molar-refractivity contribution in [1.82, 2.24) is 15.6 Å². The first-order chi connectivity index (χ1) is 9.07. The summed E-state index contributed by atoms with van der Waals surface area (Å²) < 4.78 is 0. The Labute approximate surface area is 143 Å². The number of hydrogen-bond acceptors (Lipinski definition) is 4. The molecule has 1 aromatic rings. The van der Waals surface area contributed by atoms with Gasteiger partial charge in [0, 0.05) is 23.5 Å². The second kappa shape index (κ2) is 8.93. The molecule has 1 saturated carbocycles. The lowest BCUT2D eigenvalue weighted by Gasteiger charge is -2.29. The Morgan fingerprint density at radius 2 is 2.05 bits per heavy atom. The summed E-state index contributed by atoms with van der Waals surface area (Å²) in [5, 5.41) is 9.48. The third kappa shape index (κ3) is 4.81. The molecule has 122 valence electrons. The van der Waals surface area contributed by atoms with E-state index in [9.17, 15) is 4.79 Å². The molecule has 0 bridgehead atoms. The third-order valence-corrected chi connectivity index (χ3v) is 4.97. The second-order valence-electron chi connectivity index (χ2n) is 5.53. The van der Waals surface area contributed by atoms with Crippen molar-refractivity contribution in [3.63, 3.8) is 0 Å². The highest BCUT2D eigenvalue weighted by atomic mass is 35.5. The zero-order chi connectivity index (χ0) is 13.9. The Morgan fingerprint density at radius 1 is 1.43 bits per heavy atom. The molecular formula is C14H25Cl2N3OS. The number of carbonyl (C=O) groups excluding carboxylic acids is 1. The zero-order valence-electron chi connectivity index (χ0n) is 12.8. The highest BCUT2D eigenvalue weighted by Gasteiger charge is 2.40. The minimum atomic E-state index is -0.210. The van der Waals surface area contributed by atoms with E-state index in [0.29, 0.717) is 6.54 Å². The normalized spacial score (nSPS) is 17.5. The molecule has 1 aliphatic rings. The van der Waals surface area contributed by atoms with E-state index < -0.39 is 0 Å². The van der Waals surface area contributed by atoms with Gasteiger partial charge in [0.15, 0.2) is 0 Å². The van der Waals surface area contributed by atoms with Crippen LogP contribution in [-0.4, -0.2) is 24.5 Å². The van der Waals surface area contributed by atoms with E-state index in [-0.39, 0.29) is 42.2 Å². The number of nitrogens with zero attached hydrogens (tertiary/aromatic N) is 1. The van der Waals surface area contributed by atoms with Gasteiger partial charge in [-0.2, -0.15) is 0 Å². The van der Waals surface area contributed by atoms with E-state index in [1.54, 1.807) is 11.3 Å². The molecule has 1 heterocycles. The standard InChI is InChI=1S/C14H23N3OS.2ClH/c1-10(8-15-3)12(18)17-14(6-4-5-7-14)13-16-11(2)9-19-13;;/h9-10,15H,4-8H2,1-3H3,(H,17,18);2*1H. The van der Waals surface area contributed by atoms with Crippen molar-refractivity contribution in [3.05, 3.63) is 16.1 Å². The molecule has 7 heteroatoms. The van der Waals surface area contributed by atoms with E-state index in [1.807, 2.05) is 20.9 Å². The molecule has 1 amide bonds. The number of rotatable bonds is 5. The molecule has 0 radical (unpaired) electrons. The lowest BCUT2D eigenvalue weighted by Crippen LogP contribution is -2.47. The van der Waals surface area contributed by atoms with Gasteiger partial charge in [-0.1, -0.05) is 19.8 Å². The van der Waals surface area contributed by atoms with Gasteiger partial charge >= 0.3 is 0 Å². The number of hydrogen-bond donors (Lipinski definition) is 2. The lowest BCUT2D eigenvalue weighted by molar-refractivity contribution is -0.126. The molecule has 1 fully saturated rings. The molecule has 21 heavy (non-hydrogen) atoms. The molecule has 1 aliphatic carbocycles. The van der Waals surface area contributed by atoms with Crippen LogP contribution in [0.25, 0.3) is 0 Å². The number of thiazole rings is 1. The van der Waals surface area contributed by atoms with Gasteiger partial charge in [-0.3, -0.25) is 4.79 Å². The number of halogens is 2. The van der Waals surface area contributed by atoms with Crippen molar-refractivity contribution in [2.45, 2.75) is 45.1 Å². The van der Waals surface area contributed by atoms with Crippen LogP contribution in [0.5, 0.6) is 0 Å². The zero-order valence-corrected chi connectivity index (χ0v) is 15.2. The molecule has 0 saturated heterocycles. The maximum atomic E-state index is 12.3. The summed E-state index contributed by atoms with van der Waals surface area (Å²) in [6.07, 6.45) is 4.36. The molecule has 0 aromatic carbocycles. The number of amides is 1. The number of aryl methyl sites for hydroxylation is 1. The monoisotopic (exact) mass is 353 g/mol. The number of nitrogens with one attached hydrogen (secondary N) is 2. The van der Waals surface area contributed by atoms with Crippen molar-refractivity contribution in [1.29, 1.82) is 0 Å². The molecule has 0 aliphatic heterocycles. The number of carbonyl (C=O) groups is 1. The number of aromatic nitrogens is 1. The van der Waals surface area contributed by atoms with Crippen LogP contribution in [-0.2, 0) is 10.3 Å². The van der Waals surface area contributed by atoms with Gasteiger partial charge in [0.25, 0.3) is 0 Å². The van der Waals surface area contributed by atoms with Gasteiger partial charge in [0.1, 0.15) is 5.01 Å². The second-order valence-corrected chi connectivity index (χ2v) is 6.39. The van der Waals surface area contributed by atoms with Gasteiger partial charge in [0.05, 0.1) is 5.54 Å². The molecule has 1 atom stereocenters. The SMILES string of the molecule is CNCC(C)C(=O)NC1(c2nc(C)cs2)CCCC1.Cl.Cl. The van der Waals surface area contributed by atoms with Crippen LogP contribution in [0.4, 0.5) is 0 Å². The maximum Gasteiger partial charge on any atom is 0.224 e. The van der Waals surface area contributed by atoms with Crippen LogP contribution in [0, 0.1) is 12.8 Å². The maximum absolute atomic E-state index is 12.3. The largest absolute Gasteiger partial charge is 0.344 e. The van der Waals surface area contributed by atoms with Crippen LogP contribution in [0.3, 0.4) is 0 Å². The Kier molecular flexibility index (Phi) is 8.78. The van der Waals surface area contributed by atoms with Crippen LogP contribution >= 0.6 is 36.2 Å². The molecule has 0 spiro atoms. The molecule has 4 nitrogen and oxygen atoms in total. The summed E-state index contributed by atoms with van der Waals surface area (Å²) in [5.41, 5.74) is 0.835. The van der Waals surface area contributed by atoms with Crippen LogP contribution in [0.1, 0.15) is 43.3 Å². The predicted octanol–water partition coefficient (Wildman–Crippen LogP) is 3.04. The van der Waals surface area contributed by atoms with Crippen molar-refractivity contribution >= 4 is 42.1 Å². The summed E-state index contributed by atoms with van der Waals surface area (Å²) in [7, 11) is 1.87. The van der Waals surface area contributed by atoms with Gasteiger partial charge in [-0.05, 0) is 26.8 Å². The molecule has 2 rings (SSSR count). The first-order valence-electron chi connectivity index (χ1n) is 6.96. The average molecular weight is 354 g/mol. The Bertz CT molecular complexity index is 447. The third-order valence-electron chi connectivity index (χ3n) is 3.81. The fourth-order valence-corrected chi connectivity index (χ4v) is 3.71. The molecule has 1 unspecified atom stereocenters. The van der Waals surface area contributed by atoms with Gasteiger partial charge in [-0.25, -0.2) is 4.98 Å². The highest BCUT2D eigenvalue weighted by molar-refractivity contribution is 7.09. The van der Waals surface area contributed by atoms with Crippen molar-refractivity contribution in [2.75, 3.05) is 13.6 Å². The summed E-state index contributed by atoms with van der Waals surface area (Å²) >= 11 is 1.67. The highest BCUT2D eigenvalue weighted by Crippen LogP contribution is 2.40. The summed E-state index contributed by atoms with van der Waals surface area (Å²) in [4.78, 5) is 16.9. The van der Waals surface area contributed by atoms with Crippen molar-refractivity contribution < 1.29 is 4.79 Å². The van der Waals surface area contributed by atoms with Crippen LogP contribution < -0.4 is 10.6 Å². The van der Waals surface area contributed by atoms with E-state index >= 15 is 0 Å². The van der Waals surface area contributed by atoms with Crippen molar-refractivity contribution in [2.24, 2.45) is 5.92 Å². The first-order valence-corrected chi connectivity index (χ1v) is 7.84. The summed E-state index contributed by atoms with van der Waals surface area (Å²) in [6.45, 7) is 4.68. The van der Waals surface area contributed by atoms with Gasteiger partial charge in [-0.15, -0.1) is 36.2 Å². The van der Waals surface area contributed by atoms with E-state index in [1.165, 1.54) is 12.8 Å². The topological polar surface area (TPSA) is 54.0 Å².